The van der Waals surface area contributed by atoms with E-state index in [0.717, 1.165) is 4.70 Å². The molecule has 1 aliphatic rings. The fourth-order valence-electron chi connectivity index (χ4n) is 4.28. The average Bonchev–Trinajstić information content (AvgIpc) is 3.46. The van der Waals surface area contributed by atoms with Crippen LogP contribution in [0, 0.1) is 10.1 Å². The number of carbonyl (C=O) groups excluding carboxylic acids is 2. The minimum absolute atomic E-state index is 0.149. The van der Waals surface area contributed by atoms with Crippen LogP contribution in [0.5, 0.6) is 11.5 Å². The third-order valence-corrected chi connectivity index (χ3v) is 7.11. The van der Waals surface area contributed by atoms with Gasteiger partial charge < -0.3 is 14.6 Å². The third kappa shape index (κ3) is 4.33. The zero-order valence-electron chi connectivity index (χ0n) is 20.3. The van der Waals surface area contributed by atoms with Gasteiger partial charge in [0.15, 0.2) is 5.13 Å². The van der Waals surface area contributed by atoms with Crippen molar-refractivity contribution in [2.75, 3.05) is 18.6 Å². The lowest BCUT2D eigenvalue weighted by molar-refractivity contribution is -0.384. The molecule has 1 fully saturated rings. The Morgan fingerprint density at radius 2 is 1.76 bits per heavy atom. The van der Waals surface area contributed by atoms with E-state index in [1.165, 1.54) is 47.6 Å². The van der Waals surface area contributed by atoms with Gasteiger partial charge in [0.05, 0.1) is 40.5 Å². The molecule has 4 aromatic rings. The second-order valence-corrected chi connectivity index (χ2v) is 9.31. The average molecular weight is 532 g/mol. The third-order valence-electron chi connectivity index (χ3n) is 6.09. The maximum absolute atomic E-state index is 13.4. The summed E-state index contributed by atoms with van der Waals surface area (Å²) in [6.07, 6.45) is 0. The van der Waals surface area contributed by atoms with E-state index in [4.69, 9.17) is 9.47 Å². The second-order valence-electron chi connectivity index (χ2n) is 8.31. The lowest BCUT2D eigenvalue weighted by Crippen LogP contribution is -2.29. The topological polar surface area (TPSA) is 132 Å². The van der Waals surface area contributed by atoms with E-state index in [1.54, 1.807) is 42.5 Å². The molecule has 5 rings (SSSR count). The van der Waals surface area contributed by atoms with Crippen LogP contribution in [0.2, 0.25) is 0 Å². The number of fused-ring (bicyclic) bond motifs is 1. The first kappa shape index (κ1) is 24.9. The highest BCUT2D eigenvalue weighted by Gasteiger charge is 2.48. The van der Waals surface area contributed by atoms with Crippen LogP contribution in [-0.4, -0.2) is 40.4 Å². The Labute approximate surface area is 220 Å². The first-order chi connectivity index (χ1) is 18.3. The van der Waals surface area contributed by atoms with Crippen molar-refractivity contribution in [2.45, 2.75) is 13.0 Å². The molecule has 1 unspecified atom stereocenters. The van der Waals surface area contributed by atoms with E-state index in [0.29, 0.717) is 34.7 Å². The second kappa shape index (κ2) is 9.94. The van der Waals surface area contributed by atoms with Gasteiger partial charge in [0.1, 0.15) is 17.3 Å². The van der Waals surface area contributed by atoms with Crippen molar-refractivity contribution in [1.29, 1.82) is 0 Å². The van der Waals surface area contributed by atoms with Crippen molar-refractivity contribution in [3.05, 3.63) is 93.5 Å². The van der Waals surface area contributed by atoms with Gasteiger partial charge in [-0.1, -0.05) is 11.3 Å². The summed E-state index contributed by atoms with van der Waals surface area (Å²) in [7, 11) is 1.50. The van der Waals surface area contributed by atoms with Gasteiger partial charge in [-0.3, -0.25) is 24.6 Å². The summed E-state index contributed by atoms with van der Waals surface area (Å²) in [6.45, 7) is 2.35. The zero-order valence-corrected chi connectivity index (χ0v) is 21.1. The number of Topliss-reactive ketones (excluding diaryl/α,β-unsaturated/α-hetero) is 1. The number of ether oxygens (including phenoxy) is 2. The molecule has 38 heavy (non-hydrogen) atoms. The van der Waals surface area contributed by atoms with Crippen molar-refractivity contribution < 1.29 is 29.1 Å². The number of thiazole rings is 1. The molecule has 1 atom stereocenters. The number of anilines is 1. The summed E-state index contributed by atoms with van der Waals surface area (Å²) >= 11 is 1.19. The molecule has 0 bridgehead atoms. The number of methoxy groups -OCH3 is 1. The number of aromatic nitrogens is 1. The fourth-order valence-corrected chi connectivity index (χ4v) is 5.30. The molecule has 192 valence electrons. The standard InChI is InChI=1S/C27H21N3O7S/c1-3-37-19-12-13-20-21(14-19)38-27(28-20)29-23(15-4-8-17(9-5-15)30(34)35)22(25(32)26(29)33)24(31)16-6-10-18(36-2)11-7-16/h4-14,23,31H,3H2,1-2H3. The van der Waals surface area contributed by atoms with Gasteiger partial charge in [-0.05, 0) is 67.1 Å². The number of rotatable bonds is 7. The van der Waals surface area contributed by atoms with E-state index in [9.17, 15) is 24.8 Å². The van der Waals surface area contributed by atoms with Gasteiger partial charge in [0.2, 0.25) is 0 Å². The zero-order chi connectivity index (χ0) is 27.0. The Kier molecular flexibility index (Phi) is 6.52. The SMILES string of the molecule is CCOc1ccc2nc(N3C(=O)C(=O)C(=C(O)c4ccc(OC)cc4)C3c3ccc([N+](=O)[O-])cc3)sc2c1. The molecule has 1 aromatic heterocycles. The molecule has 0 spiro atoms. The number of ketones is 1. The molecule has 2 heterocycles. The first-order valence-corrected chi connectivity index (χ1v) is 12.4. The van der Waals surface area contributed by atoms with Crippen LogP contribution in [0.25, 0.3) is 16.0 Å². The molecule has 0 saturated carbocycles. The van der Waals surface area contributed by atoms with Crippen LogP contribution in [0.15, 0.2) is 72.3 Å². The van der Waals surface area contributed by atoms with E-state index in [1.807, 2.05) is 6.92 Å². The molecule has 0 radical (unpaired) electrons. The monoisotopic (exact) mass is 531 g/mol. The summed E-state index contributed by atoms with van der Waals surface area (Å²) in [5.41, 5.74) is 1.01. The van der Waals surface area contributed by atoms with Crippen molar-refractivity contribution in [3.8, 4) is 11.5 Å². The Morgan fingerprint density at radius 3 is 2.39 bits per heavy atom. The van der Waals surface area contributed by atoms with Crippen molar-refractivity contribution in [1.82, 2.24) is 4.98 Å². The summed E-state index contributed by atoms with van der Waals surface area (Å²) in [4.78, 5) is 43.2. The highest BCUT2D eigenvalue weighted by molar-refractivity contribution is 7.22. The molecule has 10 nitrogen and oxygen atoms in total. The molecule has 3 aromatic carbocycles. The van der Waals surface area contributed by atoms with Crippen molar-refractivity contribution in [3.63, 3.8) is 0 Å². The number of nitro benzene ring substituents is 1. The van der Waals surface area contributed by atoms with E-state index < -0.39 is 22.7 Å². The normalized spacial score (nSPS) is 16.7. The van der Waals surface area contributed by atoms with Gasteiger partial charge in [-0.15, -0.1) is 0 Å². The van der Waals surface area contributed by atoms with Gasteiger partial charge in [0, 0.05) is 17.7 Å². The first-order valence-electron chi connectivity index (χ1n) is 11.6. The fraction of sp³-hybridized carbons (Fsp3) is 0.148. The number of non-ortho nitro benzene ring substituents is 1. The number of amides is 1. The van der Waals surface area contributed by atoms with Crippen LogP contribution in [0.3, 0.4) is 0 Å². The van der Waals surface area contributed by atoms with E-state index in [-0.39, 0.29) is 22.2 Å². The predicted octanol–water partition coefficient (Wildman–Crippen LogP) is 5.24. The van der Waals surface area contributed by atoms with Gasteiger partial charge in [0.25, 0.3) is 11.5 Å². The number of carbonyl (C=O) groups is 2. The van der Waals surface area contributed by atoms with Crippen molar-refractivity contribution in [2.24, 2.45) is 0 Å². The molecular weight excluding hydrogens is 510 g/mol. The Balaban J connectivity index is 1.68. The number of hydrogen-bond donors (Lipinski definition) is 1. The minimum Gasteiger partial charge on any atom is -0.507 e. The lowest BCUT2D eigenvalue weighted by atomic mass is 9.95. The number of hydrogen-bond acceptors (Lipinski definition) is 9. The highest BCUT2D eigenvalue weighted by atomic mass is 32.1. The largest absolute Gasteiger partial charge is 0.507 e. The van der Waals surface area contributed by atoms with Crippen LogP contribution in [-0.2, 0) is 9.59 Å². The molecule has 1 N–H and O–H groups in total. The number of aliphatic hydroxyl groups excluding tert-OH is 1. The van der Waals surface area contributed by atoms with Gasteiger partial charge >= 0.3 is 5.91 Å². The smallest absolute Gasteiger partial charge is 0.301 e. The van der Waals surface area contributed by atoms with Crippen LogP contribution >= 0.6 is 11.3 Å². The summed E-state index contributed by atoms with van der Waals surface area (Å²) in [6, 6.07) is 16.1. The number of benzene rings is 3. The van der Waals surface area contributed by atoms with Crippen LogP contribution in [0.1, 0.15) is 24.1 Å². The minimum atomic E-state index is -1.06. The van der Waals surface area contributed by atoms with Crippen LogP contribution < -0.4 is 14.4 Å². The summed E-state index contributed by atoms with van der Waals surface area (Å²) in [5.74, 6) is -0.946. The number of nitro groups is 1. The molecular formula is C27H21N3O7S. The molecule has 11 heteroatoms. The maximum Gasteiger partial charge on any atom is 0.301 e. The summed E-state index contributed by atoms with van der Waals surface area (Å²) < 4.78 is 11.5. The summed E-state index contributed by atoms with van der Waals surface area (Å²) in [5, 5.41) is 22.7. The van der Waals surface area contributed by atoms with Gasteiger partial charge in [-0.25, -0.2) is 4.98 Å². The van der Waals surface area contributed by atoms with Crippen molar-refractivity contribution >= 4 is 49.8 Å². The predicted molar refractivity (Wildman–Crippen MR) is 142 cm³/mol. The van der Waals surface area contributed by atoms with E-state index in [2.05, 4.69) is 4.98 Å². The molecule has 1 amide bonds. The Bertz CT molecular complexity index is 1590. The quantitative estimate of drug-likeness (QED) is 0.113. The number of aliphatic hydroxyl groups is 1. The van der Waals surface area contributed by atoms with Crippen LogP contribution in [0.4, 0.5) is 10.8 Å². The van der Waals surface area contributed by atoms with Gasteiger partial charge in [-0.2, -0.15) is 0 Å². The molecule has 1 aliphatic heterocycles. The Hall–Kier alpha value is -4.77. The highest BCUT2D eigenvalue weighted by Crippen LogP contribution is 2.45. The maximum atomic E-state index is 13.4. The molecule has 0 aliphatic carbocycles. The Morgan fingerprint density at radius 1 is 1.08 bits per heavy atom. The number of nitrogens with zero attached hydrogens (tertiary/aromatic N) is 3. The lowest BCUT2D eigenvalue weighted by Gasteiger charge is -2.22. The molecule has 1 saturated heterocycles. The van der Waals surface area contributed by atoms with E-state index >= 15 is 0 Å².